The molecule has 4 heterocycles. The van der Waals surface area contributed by atoms with Gasteiger partial charge in [-0.1, -0.05) is 30.0 Å². The van der Waals surface area contributed by atoms with Gasteiger partial charge in [0.15, 0.2) is 0 Å². The van der Waals surface area contributed by atoms with Crippen LogP contribution in [0.3, 0.4) is 0 Å². The first-order valence-electron chi connectivity index (χ1n) is 13.7. The number of para-hydroxylation sites is 1. The van der Waals surface area contributed by atoms with E-state index in [4.69, 9.17) is 4.74 Å². The molecule has 9 heteroatoms. The van der Waals surface area contributed by atoms with Crippen molar-refractivity contribution in [2.75, 3.05) is 18.0 Å². The molecule has 0 bridgehead atoms. The highest BCUT2D eigenvalue weighted by atomic mass is 32.2. The number of thioether (sulfide) groups is 1. The molecule has 3 amide bonds. The van der Waals surface area contributed by atoms with E-state index in [1.807, 2.05) is 61.5 Å². The number of benzene rings is 2. The van der Waals surface area contributed by atoms with Crippen molar-refractivity contribution in [3.8, 4) is 11.5 Å². The zero-order chi connectivity index (χ0) is 26.5. The molecule has 3 atom stereocenters. The summed E-state index contributed by atoms with van der Waals surface area (Å²) in [5.41, 5.74) is 3.35. The highest BCUT2D eigenvalue weighted by Gasteiger charge is 2.47. The van der Waals surface area contributed by atoms with Gasteiger partial charge in [0.1, 0.15) is 21.8 Å². The molecule has 2 N–H and O–H groups in total. The van der Waals surface area contributed by atoms with Crippen molar-refractivity contribution in [2.24, 2.45) is 0 Å². The van der Waals surface area contributed by atoms with Crippen LogP contribution < -0.4 is 20.3 Å². The zero-order valence-corrected chi connectivity index (χ0v) is 22.6. The molecule has 1 saturated carbocycles. The Balaban J connectivity index is 1.12. The molecule has 200 valence electrons. The van der Waals surface area contributed by atoms with Gasteiger partial charge in [0, 0.05) is 30.4 Å². The number of urea groups is 1. The Morgan fingerprint density at radius 2 is 1.92 bits per heavy atom. The number of hydrogen-bond donors (Lipinski definition) is 2. The van der Waals surface area contributed by atoms with Gasteiger partial charge < -0.3 is 15.4 Å². The molecule has 2 unspecified atom stereocenters. The first-order chi connectivity index (χ1) is 19.0. The Morgan fingerprint density at radius 3 is 2.72 bits per heavy atom. The molecular formula is C30H31N5O3S. The number of ether oxygens (including phenoxy) is 1. The highest BCUT2D eigenvalue weighted by molar-refractivity contribution is 8.01. The molecule has 2 aromatic carbocycles. The van der Waals surface area contributed by atoms with Crippen LogP contribution in [0, 0.1) is 6.92 Å². The molecule has 8 nitrogen and oxygen atoms in total. The molecular weight excluding hydrogens is 510 g/mol. The van der Waals surface area contributed by atoms with Crippen molar-refractivity contribution in [1.82, 2.24) is 20.5 Å². The van der Waals surface area contributed by atoms with Crippen LogP contribution in [-0.2, 0) is 4.79 Å². The van der Waals surface area contributed by atoms with E-state index >= 15 is 0 Å². The lowest BCUT2D eigenvalue weighted by atomic mass is 9.98. The number of anilines is 2. The van der Waals surface area contributed by atoms with Gasteiger partial charge in [0.2, 0.25) is 5.91 Å². The van der Waals surface area contributed by atoms with Gasteiger partial charge in [-0.15, -0.1) is 0 Å². The summed E-state index contributed by atoms with van der Waals surface area (Å²) >= 11 is 1.45. The van der Waals surface area contributed by atoms with Gasteiger partial charge in [-0.2, -0.15) is 0 Å². The molecule has 3 aromatic rings. The predicted octanol–water partition coefficient (Wildman–Crippen LogP) is 5.30. The molecule has 0 radical (unpaired) electrons. The van der Waals surface area contributed by atoms with Gasteiger partial charge in [0.05, 0.1) is 17.4 Å². The molecule has 2 fully saturated rings. The van der Waals surface area contributed by atoms with Gasteiger partial charge in [-0.05, 0) is 81.1 Å². The monoisotopic (exact) mass is 541 g/mol. The lowest BCUT2D eigenvalue weighted by Crippen LogP contribution is -2.53. The van der Waals surface area contributed by atoms with E-state index in [1.54, 1.807) is 11.1 Å². The summed E-state index contributed by atoms with van der Waals surface area (Å²) in [4.78, 5) is 35.9. The number of hydrogen-bond acceptors (Lipinski definition) is 6. The SMILES string of the molecule is Cc1cc(Oc2ccccc2)ccc1N1C(=O)NC2c3c1ccnc3S[C@H]2C(=O)NC1CCCN(C2CC2)C1. The third-order valence-electron chi connectivity index (χ3n) is 8.01. The number of rotatable bonds is 6. The van der Waals surface area contributed by atoms with Crippen molar-refractivity contribution >= 4 is 35.1 Å². The lowest BCUT2D eigenvalue weighted by Gasteiger charge is -2.36. The second kappa shape index (κ2) is 9.88. The van der Waals surface area contributed by atoms with Gasteiger partial charge in [0.25, 0.3) is 0 Å². The van der Waals surface area contributed by atoms with Crippen LogP contribution in [0.1, 0.15) is 42.9 Å². The fraction of sp³-hybridized carbons (Fsp3) is 0.367. The maximum absolute atomic E-state index is 13.6. The number of pyridine rings is 1. The van der Waals surface area contributed by atoms with Crippen molar-refractivity contribution in [1.29, 1.82) is 0 Å². The standard InChI is InChI=1S/C30H31N5O3S/c1-18-16-22(38-21-7-3-2-4-8-21)11-12-23(18)35-24-13-14-31-29-25(24)26(33-30(35)37)27(39-29)28(36)32-19-6-5-15-34(17-19)20-9-10-20/h2-4,7-8,11-14,16,19-20,26-27H,5-6,9-10,15,17H2,1H3,(H,32,36)(H,33,37)/t19?,26?,27-/m1/s1. The number of piperidine rings is 1. The quantitative estimate of drug-likeness (QED) is 0.440. The average molecular weight is 542 g/mol. The van der Waals surface area contributed by atoms with Crippen molar-refractivity contribution in [2.45, 2.75) is 61.0 Å². The second-order valence-corrected chi connectivity index (χ2v) is 11.9. The van der Waals surface area contributed by atoms with Gasteiger partial charge >= 0.3 is 6.03 Å². The van der Waals surface area contributed by atoms with E-state index in [9.17, 15) is 9.59 Å². The molecule has 4 aliphatic rings. The second-order valence-electron chi connectivity index (χ2n) is 10.8. The number of amides is 3. The normalized spacial score (nSPS) is 24.2. The summed E-state index contributed by atoms with van der Waals surface area (Å²) in [5.74, 6) is 1.43. The van der Waals surface area contributed by atoms with Crippen LogP contribution in [0.4, 0.5) is 16.2 Å². The van der Waals surface area contributed by atoms with Crippen LogP contribution in [0.2, 0.25) is 0 Å². The molecule has 7 rings (SSSR count). The number of carbonyl (C=O) groups is 2. The van der Waals surface area contributed by atoms with Crippen LogP contribution in [0.25, 0.3) is 0 Å². The number of nitrogens with zero attached hydrogens (tertiary/aromatic N) is 3. The number of carbonyl (C=O) groups excluding carboxylic acids is 2. The maximum Gasteiger partial charge on any atom is 0.327 e. The van der Waals surface area contributed by atoms with Crippen molar-refractivity contribution < 1.29 is 14.3 Å². The fourth-order valence-electron chi connectivity index (χ4n) is 6.01. The summed E-state index contributed by atoms with van der Waals surface area (Å²) < 4.78 is 5.99. The minimum atomic E-state index is -0.446. The van der Waals surface area contributed by atoms with E-state index in [2.05, 4.69) is 20.5 Å². The van der Waals surface area contributed by atoms with Crippen LogP contribution in [-0.4, -0.2) is 52.2 Å². The smallest absolute Gasteiger partial charge is 0.327 e. The molecule has 1 saturated heterocycles. The summed E-state index contributed by atoms with van der Waals surface area (Å²) in [6.45, 7) is 4.01. The fourth-order valence-corrected chi connectivity index (χ4v) is 7.25. The summed E-state index contributed by atoms with van der Waals surface area (Å²) in [6.07, 6.45) is 6.37. The third kappa shape index (κ3) is 4.63. The van der Waals surface area contributed by atoms with E-state index in [-0.39, 0.29) is 18.0 Å². The Bertz CT molecular complexity index is 1430. The molecule has 39 heavy (non-hydrogen) atoms. The first-order valence-corrected chi connectivity index (χ1v) is 14.6. The van der Waals surface area contributed by atoms with E-state index in [0.717, 1.165) is 59.2 Å². The van der Waals surface area contributed by atoms with E-state index < -0.39 is 11.3 Å². The minimum Gasteiger partial charge on any atom is -0.457 e. The maximum atomic E-state index is 13.6. The van der Waals surface area contributed by atoms with E-state index in [1.165, 1.54) is 24.6 Å². The summed E-state index contributed by atoms with van der Waals surface area (Å²) in [7, 11) is 0. The minimum absolute atomic E-state index is 0.0241. The Hall–Kier alpha value is -3.56. The molecule has 0 spiro atoms. The number of nitrogens with one attached hydrogen (secondary N) is 2. The number of likely N-dealkylation sites (tertiary alicyclic amines) is 1. The van der Waals surface area contributed by atoms with Crippen molar-refractivity contribution in [3.63, 3.8) is 0 Å². The van der Waals surface area contributed by atoms with Crippen LogP contribution in [0.15, 0.2) is 65.8 Å². The topological polar surface area (TPSA) is 86.8 Å². The largest absolute Gasteiger partial charge is 0.457 e. The van der Waals surface area contributed by atoms with Crippen LogP contribution >= 0.6 is 11.8 Å². The summed E-state index contributed by atoms with van der Waals surface area (Å²) in [5, 5.41) is 6.79. The Morgan fingerprint density at radius 1 is 1.08 bits per heavy atom. The molecule has 1 aromatic heterocycles. The van der Waals surface area contributed by atoms with E-state index in [0.29, 0.717) is 11.8 Å². The summed E-state index contributed by atoms with van der Waals surface area (Å²) in [6, 6.07) is 17.4. The predicted molar refractivity (Wildman–Crippen MR) is 151 cm³/mol. The number of aromatic nitrogens is 1. The zero-order valence-electron chi connectivity index (χ0n) is 21.8. The Kier molecular flexibility index (Phi) is 6.20. The molecule has 1 aliphatic carbocycles. The van der Waals surface area contributed by atoms with Crippen LogP contribution in [0.5, 0.6) is 11.5 Å². The van der Waals surface area contributed by atoms with Gasteiger partial charge in [-0.25, -0.2) is 9.78 Å². The molecule has 3 aliphatic heterocycles. The van der Waals surface area contributed by atoms with Gasteiger partial charge in [-0.3, -0.25) is 14.6 Å². The first kappa shape index (κ1) is 24.5. The third-order valence-corrected chi connectivity index (χ3v) is 9.30. The Labute approximate surface area is 232 Å². The average Bonchev–Trinajstić information content (AvgIpc) is 3.73. The lowest BCUT2D eigenvalue weighted by molar-refractivity contribution is -0.122. The highest BCUT2D eigenvalue weighted by Crippen LogP contribution is 2.51. The number of aryl methyl sites for hydroxylation is 1. The van der Waals surface area contributed by atoms with Crippen molar-refractivity contribution in [3.05, 3.63) is 71.9 Å².